The van der Waals surface area contributed by atoms with Gasteiger partial charge in [-0.1, -0.05) is 31.0 Å². The number of hydrogen-bond acceptors (Lipinski definition) is 2. The highest BCUT2D eigenvalue weighted by molar-refractivity contribution is 5.55. The zero-order valence-electron chi connectivity index (χ0n) is 11.0. The van der Waals surface area contributed by atoms with Gasteiger partial charge in [0.2, 0.25) is 0 Å². The first-order chi connectivity index (χ1) is 8.24. The van der Waals surface area contributed by atoms with Gasteiger partial charge in [-0.2, -0.15) is 0 Å². The average Bonchev–Trinajstić information content (AvgIpc) is 2.36. The monoisotopic (exact) mass is 230 g/mol. The number of hydrogen-bond donors (Lipinski definition) is 1. The van der Waals surface area contributed by atoms with Crippen LogP contribution in [0.3, 0.4) is 0 Å². The molecule has 0 spiro atoms. The fourth-order valence-electron chi connectivity index (χ4n) is 2.04. The van der Waals surface area contributed by atoms with E-state index in [0.717, 1.165) is 13.1 Å². The van der Waals surface area contributed by atoms with Gasteiger partial charge in [0.1, 0.15) is 0 Å². The minimum absolute atomic E-state index is 0.350. The van der Waals surface area contributed by atoms with Gasteiger partial charge in [0, 0.05) is 18.3 Å². The molecule has 0 fully saturated rings. The molecule has 0 aromatic heterocycles. The van der Waals surface area contributed by atoms with Crippen molar-refractivity contribution in [3.05, 3.63) is 29.8 Å². The summed E-state index contributed by atoms with van der Waals surface area (Å²) in [6.07, 6.45) is 5.42. The van der Waals surface area contributed by atoms with E-state index in [1.807, 2.05) is 0 Å². The lowest BCUT2D eigenvalue weighted by atomic mass is 10.0. The highest BCUT2D eigenvalue weighted by Gasteiger charge is 2.12. The Hall–Kier alpha value is -1.46. The maximum absolute atomic E-state index is 5.42. The van der Waals surface area contributed by atoms with Crippen LogP contribution in [0.2, 0.25) is 0 Å². The number of rotatable bonds is 6. The van der Waals surface area contributed by atoms with Crippen LogP contribution < -0.4 is 10.2 Å². The maximum Gasteiger partial charge on any atom is 0.0791 e. The number of nitrogens with zero attached hydrogens (tertiary/aromatic N) is 1. The SMILES string of the molecule is C#CCN(CC)c1ccccc1C(C)NCC. The van der Waals surface area contributed by atoms with Crippen molar-refractivity contribution in [2.75, 3.05) is 24.5 Å². The van der Waals surface area contributed by atoms with Crippen molar-refractivity contribution in [3.63, 3.8) is 0 Å². The summed E-state index contributed by atoms with van der Waals surface area (Å²) in [6, 6.07) is 8.81. The van der Waals surface area contributed by atoms with Crippen molar-refractivity contribution in [2.24, 2.45) is 0 Å². The van der Waals surface area contributed by atoms with E-state index in [9.17, 15) is 0 Å². The molecular formula is C15H22N2. The van der Waals surface area contributed by atoms with Crippen LogP contribution in [0, 0.1) is 12.3 Å². The maximum atomic E-state index is 5.42. The Morgan fingerprint density at radius 2 is 2.06 bits per heavy atom. The fraction of sp³-hybridized carbons (Fsp3) is 0.467. The summed E-state index contributed by atoms with van der Waals surface area (Å²) in [4.78, 5) is 2.23. The van der Waals surface area contributed by atoms with Crippen LogP contribution in [0.15, 0.2) is 24.3 Å². The van der Waals surface area contributed by atoms with Gasteiger partial charge in [-0.25, -0.2) is 0 Å². The molecule has 0 saturated heterocycles. The third kappa shape index (κ3) is 3.51. The Morgan fingerprint density at radius 3 is 2.65 bits per heavy atom. The normalized spacial score (nSPS) is 11.9. The number of para-hydroxylation sites is 1. The summed E-state index contributed by atoms with van der Waals surface area (Å²) >= 11 is 0. The summed E-state index contributed by atoms with van der Waals surface area (Å²) in [6.45, 7) is 9.00. The zero-order chi connectivity index (χ0) is 12.7. The van der Waals surface area contributed by atoms with Crippen molar-refractivity contribution in [3.8, 4) is 12.3 Å². The van der Waals surface area contributed by atoms with Crippen LogP contribution in [0.1, 0.15) is 32.4 Å². The van der Waals surface area contributed by atoms with E-state index >= 15 is 0 Å². The highest BCUT2D eigenvalue weighted by Crippen LogP contribution is 2.25. The molecule has 1 unspecified atom stereocenters. The summed E-state index contributed by atoms with van der Waals surface area (Å²) in [5.41, 5.74) is 2.55. The molecule has 0 saturated carbocycles. The van der Waals surface area contributed by atoms with Crippen molar-refractivity contribution < 1.29 is 0 Å². The van der Waals surface area contributed by atoms with E-state index < -0.39 is 0 Å². The summed E-state index contributed by atoms with van der Waals surface area (Å²) in [5.74, 6) is 2.72. The van der Waals surface area contributed by atoms with Crippen molar-refractivity contribution >= 4 is 5.69 Å². The highest BCUT2D eigenvalue weighted by atomic mass is 15.1. The lowest BCUT2D eigenvalue weighted by Gasteiger charge is -2.26. The molecule has 1 aromatic rings. The third-order valence-electron chi connectivity index (χ3n) is 2.92. The molecule has 0 radical (unpaired) electrons. The summed E-state index contributed by atoms with van der Waals surface area (Å²) < 4.78 is 0. The van der Waals surface area contributed by atoms with Gasteiger partial charge < -0.3 is 10.2 Å². The molecule has 2 heteroatoms. The third-order valence-corrected chi connectivity index (χ3v) is 2.92. The molecule has 17 heavy (non-hydrogen) atoms. The molecule has 92 valence electrons. The van der Waals surface area contributed by atoms with Crippen molar-refractivity contribution in [2.45, 2.75) is 26.8 Å². The number of nitrogens with one attached hydrogen (secondary N) is 1. The van der Waals surface area contributed by atoms with Gasteiger partial charge in [-0.15, -0.1) is 6.42 Å². The van der Waals surface area contributed by atoms with Crippen LogP contribution in [0.4, 0.5) is 5.69 Å². The molecule has 1 rings (SSSR count). The van der Waals surface area contributed by atoms with Crippen LogP contribution in [0.5, 0.6) is 0 Å². The van der Waals surface area contributed by atoms with E-state index in [4.69, 9.17) is 6.42 Å². The van der Waals surface area contributed by atoms with Crippen LogP contribution in [-0.4, -0.2) is 19.6 Å². The minimum Gasteiger partial charge on any atom is -0.360 e. The van der Waals surface area contributed by atoms with Crippen molar-refractivity contribution in [1.29, 1.82) is 0 Å². The zero-order valence-corrected chi connectivity index (χ0v) is 11.0. The van der Waals surface area contributed by atoms with Crippen molar-refractivity contribution in [1.82, 2.24) is 5.32 Å². The number of terminal acetylenes is 1. The van der Waals surface area contributed by atoms with Gasteiger partial charge >= 0.3 is 0 Å². The molecule has 1 N–H and O–H groups in total. The predicted octanol–water partition coefficient (Wildman–Crippen LogP) is 2.82. The van der Waals surface area contributed by atoms with E-state index in [0.29, 0.717) is 12.6 Å². The number of benzene rings is 1. The first kappa shape index (κ1) is 13.6. The Kier molecular flexibility index (Phi) is 5.59. The first-order valence-electron chi connectivity index (χ1n) is 6.25. The Bertz CT molecular complexity index is 379. The molecule has 2 nitrogen and oxygen atoms in total. The Balaban J connectivity index is 3.01. The summed E-state index contributed by atoms with van der Waals surface area (Å²) in [5, 5.41) is 3.44. The van der Waals surface area contributed by atoms with E-state index in [-0.39, 0.29) is 0 Å². The second-order valence-corrected chi connectivity index (χ2v) is 4.06. The molecule has 0 amide bonds. The summed E-state index contributed by atoms with van der Waals surface area (Å²) in [7, 11) is 0. The van der Waals surface area contributed by atoms with Gasteiger partial charge in [-0.3, -0.25) is 0 Å². The lowest BCUT2D eigenvalue weighted by molar-refractivity contribution is 0.596. The smallest absolute Gasteiger partial charge is 0.0791 e. The Labute approximate surface area is 105 Å². The standard InChI is InChI=1S/C15H22N2/c1-5-12-17(7-3)15-11-9-8-10-14(15)13(4)16-6-2/h1,8-11,13,16H,6-7,12H2,2-4H3. The van der Waals surface area contributed by atoms with Crippen LogP contribution in [-0.2, 0) is 0 Å². The first-order valence-corrected chi connectivity index (χ1v) is 6.25. The Morgan fingerprint density at radius 1 is 1.35 bits per heavy atom. The molecule has 0 aliphatic rings. The van der Waals surface area contributed by atoms with Crippen LogP contribution >= 0.6 is 0 Å². The molecule has 0 aliphatic carbocycles. The molecule has 0 heterocycles. The lowest BCUT2D eigenvalue weighted by Crippen LogP contribution is -2.26. The van der Waals surface area contributed by atoms with Gasteiger partial charge in [-0.05, 0) is 32.0 Å². The van der Waals surface area contributed by atoms with E-state index in [1.165, 1.54) is 11.3 Å². The molecule has 0 bridgehead atoms. The second kappa shape index (κ2) is 6.98. The minimum atomic E-state index is 0.350. The predicted molar refractivity (Wildman–Crippen MR) is 75.3 cm³/mol. The molecule has 1 aromatic carbocycles. The van der Waals surface area contributed by atoms with E-state index in [2.05, 4.69) is 61.2 Å². The number of anilines is 1. The fourth-order valence-corrected chi connectivity index (χ4v) is 2.04. The van der Waals surface area contributed by atoms with Gasteiger partial charge in [0.15, 0.2) is 0 Å². The quantitative estimate of drug-likeness (QED) is 0.756. The molecular weight excluding hydrogens is 208 g/mol. The average molecular weight is 230 g/mol. The van der Waals surface area contributed by atoms with E-state index in [1.54, 1.807) is 0 Å². The van der Waals surface area contributed by atoms with Gasteiger partial charge in [0.05, 0.1) is 6.54 Å². The molecule has 1 atom stereocenters. The van der Waals surface area contributed by atoms with Crippen LogP contribution in [0.25, 0.3) is 0 Å². The second-order valence-electron chi connectivity index (χ2n) is 4.06. The topological polar surface area (TPSA) is 15.3 Å². The molecule has 0 aliphatic heterocycles. The largest absolute Gasteiger partial charge is 0.360 e. The van der Waals surface area contributed by atoms with Gasteiger partial charge in [0.25, 0.3) is 0 Å².